The third-order valence-electron chi connectivity index (χ3n) is 4.97. The van der Waals surface area contributed by atoms with Crippen molar-refractivity contribution in [3.8, 4) is 5.88 Å². The summed E-state index contributed by atoms with van der Waals surface area (Å²) in [6, 6.07) is 4.31. The second-order valence-electron chi connectivity index (χ2n) is 6.91. The Morgan fingerprint density at radius 3 is 2.93 bits per heavy atom. The Morgan fingerprint density at radius 1 is 1.36 bits per heavy atom. The van der Waals surface area contributed by atoms with Crippen LogP contribution in [0.4, 0.5) is 5.82 Å². The zero-order valence-corrected chi connectivity index (χ0v) is 17.0. The quantitative estimate of drug-likeness (QED) is 0.749. The molecule has 0 aromatic carbocycles. The van der Waals surface area contributed by atoms with Crippen LogP contribution in [-0.4, -0.2) is 53.6 Å². The molecule has 3 heterocycles. The highest BCUT2D eigenvalue weighted by Gasteiger charge is 2.26. The van der Waals surface area contributed by atoms with Gasteiger partial charge >= 0.3 is 0 Å². The number of rotatable bonds is 7. The molecule has 1 atom stereocenters. The third-order valence-corrected chi connectivity index (χ3v) is 4.97. The zero-order chi connectivity index (χ0) is 20.1. The lowest BCUT2D eigenvalue weighted by Gasteiger charge is -2.21. The number of nitrogens with zero attached hydrogens (tertiary/aromatic N) is 4. The summed E-state index contributed by atoms with van der Waals surface area (Å²) in [5.41, 5.74) is 3.00. The number of hydrogen-bond acceptors (Lipinski definition) is 7. The fourth-order valence-corrected chi connectivity index (χ4v) is 3.30. The summed E-state index contributed by atoms with van der Waals surface area (Å²) in [4.78, 5) is 27.2. The summed E-state index contributed by atoms with van der Waals surface area (Å²) in [5, 5.41) is 6.20. The molecule has 3 rings (SSSR count). The van der Waals surface area contributed by atoms with Crippen LogP contribution >= 0.6 is 0 Å². The average Bonchev–Trinajstić information content (AvgIpc) is 3.17. The van der Waals surface area contributed by atoms with Crippen molar-refractivity contribution in [2.45, 2.75) is 39.8 Å². The van der Waals surface area contributed by atoms with Gasteiger partial charge < -0.3 is 20.3 Å². The molecule has 0 radical (unpaired) electrons. The van der Waals surface area contributed by atoms with Gasteiger partial charge in [-0.3, -0.25) is 4.79 Å². The van der Waals surface area contributed by atoms with Crippen LogP contribution in [-0.2, 0) is 6.54 Å². The molecule has 0 spiro atoms. The SMILES string of the molecule is CCOc1cc(CN[C@@H]2CCN(c3nc(C(=O)NC)nc(C)c3C)C2)ccn1. The highest BCUT2D eigenvalue weighted by Crippen LogP contribution is 2.24. The Kier molecular flexibility index (Phi) is 6.41. The van der Waals surface area contributed by atoms with Crippen molar-refractivity contribution in [3.63, 3.8) is 0 Å². The molecule has 2 aromatic heterocycles. The minimum absolute atomic E-state index is 0.220. The first kappa shape index (κ1) is 20.0. The highest BCUT2D eigenvalue weighted by molar-refractivity contribution is 5.90. The van der Waals surface area contributed by atoms with Crippen LogP contribution in [0.25, 0.3) is 0 Å². The molecular weight excluding hydrogens is 356 g/mol. The standard InChI is InChI=1S/C20H28N6O2/c1-5-28-17-10-15(6-8-22-17)11-23-16-7-9-26(12-16)19-13(2)14(3)24-18(25-19)20(27)21-4/h6,8,10,16,23H,5,7,9,11-12H2,1-4H3,(H,21,27)/t16-/m1/s1. The first-order valence-corrected chi connectivity index (χ1v) is 9.65. The lowest BCUT2D eigenvalue weighted by Crippen LogP contribution is -2.33. The summed E-state index contributed by atoms with van der Waals surface area (Å²) in [5.74, 6) is 1.46. The van der Waals surface area contributed by atoms with Gasteiger partial charge in [-0.25, -0.2) is 15.0 Å². The molecule has 1 saturated heterocycles. The summed E-state index contributed by atoms with van der Waals surface area (Å²) < 4.78 is 5.46. The highest BCUT2D eigenvalue weighted by atomic mass is 16.5. The van der Waals surface area contributed by atoms with Gasteiger partial charge in [0.1, 0.15) is 5.82 Å². The molecule has 8 heteroatoms. The van der Waals surface area contributed by atoms with E-state index < -0.39 is 0 Å². The van der Waals surface area contributed by atoms with Gasteiger partial charge in [-0.2, -0.15) is 0 Å². The van der Waals surface area contributed by atoms with Crippen molar-refractivity contribution in [1.82, 2.24) is 25.6 Å². The Hall–Kier alpha value is -2.74. The van der Waals surface area contributed by atoms with Gasteiger partial charge in [0.2, 0.25) is 11.7 Å². The van der Waals surface area contributed by atoms with E-state index in [0.29, 0.717) is 18.5 Å². The third kappa shape index (κ3) is 4.56. The average molecular weight is 384 g/mol. The summed E-state index contributed by atoms with van der Waals surface area (Å²) >= 11 is 0. The van der Waals surface area contributed by atoms with Crippen molar-refractivity contribution < 1.29 is 9.53 Å². The molecule has 150 valence electrons. The largest absolute Gasteiger partial charge is 0.478 e. The minimum atomic E-state index is -0.263. The summed E-state index contributed by atoms with van der Waals surface area (Å²) in [6.07, 6.45) is 2.79. The van der Waals surface area contributed by atoms with E-state index in [1.54, 1.807) is 13.2 Å². The Labute approximate surface area is 165 Å². The number of pyridine rings is 1. The monoisotopic (exact) mass is 384 g/mol. The number of hydrogen-bond donors (Lipinski definition) is 2. The first-order chi connectivity index (χ1) is 13.5. The van der Waals surface area contributed by atoms with E-state index in [2.05, 4.69) is 30.5 Å². The van der Waals surface area contributed by atoms with E-state index in [9.17, 15) is 4.79 Å². The van der Waals surface area contributed by atoms with Crippen LogP contribution in [0.5, 0.6) is 5.88 Å². The molecule has 0 saturated carbocycles. The normalized spacial score (nSPS) is 16.3. The fourth-order valence-electron chi connectivity index (χ4n) is 3.30. The molecule has 28 heavy (non-hydrogen) atoms. The summed E-state index contributed by atoms with van der Waals surface area (Å²) in [6.45, 7) is 8.97. The van der Waals surface area contributed by atoms with Crippen molar-refractivity contribution in [2.75, 3.05) is 31.6 Å². The fraction of sp³-hybridized carbons (Fsp3) is 0.500. The van der Waals surface area contributed by atoms with Gasteiger partial charge in [0.15, 0.2) is 0 Å². The molecule has 2 N–H and O–H groups in total. The number of carbonyl (C=O) groups excluding carboxylic acids is 1. The molecule has 1 fully saturated rings. The number of carbonyl (C=O) groups is 1. The first-order valence-electron chi connectivity index (χ1n) is 9.65. The number of aryl methyl sites for hydroxylation is 1. The molecule has 1 aliphatic rings. The number of anilines is 1. The van der Waals surface area contributed by atoms with Crippen molar-refractivity contribution in [3.05, 3.63) is 41.0 Å². The van der Waals surface area contributed by atoms with Crippen LogP contribution < -0.4 is 20.3 Å². The van der Waals surface area contributed by atoms with E-state index in [4.69, 9.17) is 4.74 Å². The van der Waals surface area contributed by atoms with E-state index in [0.717, 1.165) is 48.7 Å². The van der Waals surface area contributed by atoms with Gasteiger partial charge in [0, 0.05) is 56.2 Å². The minimum Gasteiger partial charge on any atom is -0.478 e. The van der Waals surface area contributed by atoms with Crippen molar-refractivity contribution in [2.24, 2.45) is 0 Å². The van der Waals surface area contributed by atoms with Crippen molar-refractivity contribution >= 4 is 11.7 Å². The maximum Gasteiger partial charge on any atom is 0.288 e. The van der Waals surface area contributed by atoms with Gasteiger partial charge in [-0.05, 0) is 38.8 Å². The molecule has 0 bridgehead atoms. The van der Waals surface area contributed by atoms with Crippen molar-refractivity contribution in [1.29, 1.82) is 0 Å². The maximum atomic E-state index is 12.0. The zero-order valence-electron chi connectivity index (χ0n) is 17.0. The Balaban J connectivity index is 1.65. The van der Waals surface area contributed by atoms with Gasteiger partial charge in [-0.1, -0.05) is 0 Å². The van der Waals surface area contributed by atoms with Crippen LogP contribution in [0.2, 0.25) is 0 Å². The lowest BCUT2D eigenvalue weighted by molar-refractivity contribution is 0.0952. The second-order valence-corrected chi connectivity index (χ2v) is 6.91. The predicted molar refractivity (Wildman–Crippen MR) is 108 cm³/mol. The van der Waals surface area contributed by atoms with E-state index in [1.807, 2.05) is 32.9 Å². The van der Waals surface area contributed by atoms with E-state index >= 15 is 0 Å². The van der Waals surface area contributed by atoms with E-state index in [1.165, 1.54) is 0 Å². The van der Waals surface area contributed by atoms with Crippen LogP contribution in [0.15, 0.2) is 18.3 Å². The predicted octanol–water partition coefficient (Wildman–Crippen LogP) is 1.62. The van der Waals surface area contributed by atoms with Crippen LogP contribution in [0.3, 0.4) is 0 Å². The number of aromatic nitrogens is 3. The summed E-state index contributed by atoms with van der Waals surface area (Å²) in [7, 11) is 1.59. The molecule has 1 amide bonds. The van der Waals surface area contributed by atoms with Crippen LogP contribution in [0.1, 0.15) is 40.8 Å². The van der Waals surface area contributed by atoms with Gasteiger partial charge in [0.05, 0.1) is 6.61 Å². The molecule has 0 unspecified atom stereocenters. The molecule has 0 aliphatic carbocycles. The van der Waals surface area contributed by atoms with Crippen LogP contribution in [0, 0.1) is 13.8 Å². The Morgan fingerprint density at radius 2 is 2.18 bits per heavy atom. The van der Waals surface area contributed by atoms with E-state index in [-0.39, 0.29) is 11.7 Å². The Bertz CT molecular complexity index is 841. The topological polar surface area (TPSA) is 92.3 Å². The van der Waals surface area contributed by atoms with Gasteiger partial charge in [0.25, 0.3) is 5.91 Å². The molecule has 2 aromatic rings. The number of amides is 1. The maximum absolute atomic E-state index is 12.0. The smallest absolute Gasteiger partial charge is 0.288 e. The number of nitrogens with one attached hydrogen (secondary N) is 2. The molecule has 1 aliphatic heterocycles. The van der Waals surface area contributed by atoms with Gasteiger partial charge in [-0.15, -0.1) is 0 Å². The molecule has 8 nitrogen and oxygen atoms in total. The molecular formula is C20H28N6O2. The number of ether oxygens (including phenoxy) is 1. The lowest BCUT2D eigenvalue weighted by atomic mass is 10.2. The second kappa shape index (κ2) is 8.97.